The van der Waals surface area contributed by atoms with Crippen molar-refractivity contribution in [3.05, 3.63) is 17.4 Å². The molecular weight excluding hydrogens is 277 g/mol. The number of nitrogens with one attached hydrogen (secondary N) is 2. The van der Waals surface area contributed by atoms with Crippen LogP contribution in [0.5, 0.6) is 0 Å². The van der Waals surface area contributed by atoms with Gasteiger partial charge in [0.05, 0.1) is 0 Å². The summed E-state index contributed by atoms with van der Waals surface area (Å²) in [4.78, 5) is 4.48. The van der Waals surface area contributed by atoms with E-state index in [1.165, 1.54) is 6.07 Å². The smallest absolute Gasteiger partial charge is 0.165 e. The highest BCUT2D eigenvalue weighted by molar-refractivity contribution is 5.53. The standard InChI is InChI=1S/C18H32FN3/c1-12-10-13(19)15(21-17(5,6)7)20-14(12)22-18(8,9)11-16(2,3)4/h10H,11H2,1-9H3,(H2,20,21,22). The Bertz CT molecular complexity index is 522. The molecule has 1 heterocycles. The molecule has 0 aliphatic carbocycles. The molecule has 0 saturated heterocycles. The van der Waals surface area contributed by atoms with E-state index in [9.17, 15) is 4.39 Å². The lowest BCUT2D eigenvalue weighted by Gasteiger charge is -2.34. The number of aryl methyl sites for hydroxylation is 1. The molecule has 4 heteroatoms. The fourth-order valence-corrected chi connectivity index (χ4v) is 2.84. The molecule has 0 unspecified atom stereocenters. The highest BCUT2D eigenvalue weighted by atomic mass is 19.1. The topological polar surface area (TPSA) is 37.0 Å². The van der Waals surface area contributed by atoms with Gasteiger partial charge >= 0.3 is 0 Å². The van der Waals surface area contributed by atoms with E-state index < -0.39 is 0 Å². The molecule has 0 amide bonds. The van der Waals surface area contributed by atoms with E-state index in [0.717, 1.165) is 17.8 Å². The molecule has 2 N–H and O–H groups in total. The predicted molar refractivity (Wildman–Crippen MR) is 94.1 cm³/mol. The van der Waals surface area contributed by atoms with Gasteiger partial charge in [-0.2, -0.15) is 0 Å². The van der Waals surface area contributed by atoms with Gasteiger partial charge in [-0.3, -0.25) is 0 Å². The Labute approximate surface area is 135 Å². The average molecular weight is 309 g/mol. The molecule has 0 saturated carbocycles. The lowest BCUT2D eigenvalue weighted by Crippen LogP contribution is -2.36. The quantitative estimate of drug-likeness (QED) is 0.785. The van der Waals surface area contributed by atoms with Crippen molar-refractivity contribution in [1.82, 2.24) is 4.98 Å². The van der Waals surface area contributed by atoms with Gasteiger partial charge in [0.15, 0.2) is 11.6 Å². The molecule has 0 aromatic carbocycles. The van der Waals surface area contributed by atoms with Crippen LogP contribution < -0.4 is 10.6 Å². The zero-order valence-corrected chi connectivity index (χ0v) is 15.6. The molecule has 0 fully saturated rings. The van der Waals surface area contributed by atoms with E-state index in [1.54, 1.807) is 0 Å². The van der Waals surface area contributed by atoms with Crippen molar-refractivity contribution in [2.45, 2.75) is 79.8 Å². The van der Waals surface area contributed by atoms with Gasteiger partial charge in [0.2, 0.25) is 0 Å². The Hall–Kier alpha value is -1.32. The number of halogens is 1. The van der Waals surface area contributed by atoms with Crippen molar-refractivity contribution < 1.29 is 4.39 Å². The summed E-state index contributed by atoms with van der Waals surface area (Å²) in [6.07, 6.45) is 0.987. The maximum absolute atomic E-state index is 14.1. The van der Waals surface area contributed by atoms with Gasteiger partial charge < -0.3 is 10.6 Å². The minimum Gasteiger partial charge on any atom is -0.365 e. The molecule has 0 radical (unpaired) electrons. The Morgan fingerprint density at radius 2 is 1.50 bits per heavy atom. The van der Waals surface area contributed by atoms with Gasteiger partial charge in [0.1, 0.15) is 5.82 Å². The molecule has 22 heavy (non-hydrogen) atoms. The van der Waals surface area contributed by atoms with Crippen LogP contribution in [0.15, 0.2) is 6.07 Å². The van der Waals surface area contributed by atoms with E-state index in [-0.39, 0.29) is 22.3 Å². The molecule has 1 aromatic rings. The Balaban J connectivity index is 3.07. The zero-order valence-electron chi connectivity index (χ0n) is 15.6. The van der Waals surface area contributed by atoms with Crippen molar-refractivity contribution in [3.8, 4) is 0 Å². The Morgan fingerprint density at radius 3 is 1.95 bits per heavy atom. The fraction of sp³-hybridized carbons (Fsp3) is 0.722. The van der Waals surface area contributed by atoms with Crippen molar-refractivity contribution in [2.75, 3.05) is 10.6 Å². The lowest BCUT2D eigenvalue weighted by molar-refractivity contribution is 0.302. The first-order chi connectivity index (χ1) is 9.69. The number of aromatic nitrogens is 1. The van der Waals surface area contributed by atoms with Crippen molar-refractivity contribution in [1.29, 1.82) is 0 Å². The summed E-state index contributed by atoms with van der Waals surface area (Å²) in [5.41, 5.74) is 0.671. The summed E-state index contributed by atoms with van der Waals surface area (Å²) in [7, 11) is 0. The Morgan fingerprint density at radius 1 is 0.955 bits per heavy atom. The van der Waals surface area contributed by atoms with Crippen LogP contribution in [-0.2, 0) is 0 Å². The SMILES string of the molecule is Cc1cc(F)c(NC(C)(C)C)nc1NC(C)(C)CC(C)(C)C. The van der Waals surface area contributed by atoms with Gasteiger partial charge in [-0.1, -0.05) is 20.8 Å². The molecule has 1 rings (SSSR count). The second kappa shape index (κ2) is 6.05. The highest BCUT2D eigenvalue weighted by Crippen LogP contribution is 2.31. The number of hydrogen-bond donors (Lipinski definition) is 2. The van der Waals surface area contributed by atoms with Gasteiger partial charge in [-0.05, 0) is 65.0 Å². The molecule has 3 nitrogen and oxygen atoms in total. The summed E-state index contributed by atoms with van der Waals surface area (Å²) >= 11 is 0. The number of anilines is 2. The summed E-state index contributed by atoms with van der Waals surface area (Å²) in [5.74, 6) is 0.723. The van der Waals surface area contributed by atoms with Crippen LogP contribution >= 0.6 is 0 Å². The molecule has 0 aliphatic heterocycles. The number of hydrogen-bond acceptors (Lipinski definition) is 3. The van der Waals surface area contributed by atoms with Gasteiger partial charge in [0, 0.05) is 11.1 Å². The first-order valence-electron chi connectivity index (χ1n) is 7.92. The first kappa shape index (κ1) is 18.7. The molecule has 0 aliphatic rings. The monoisotopic (exact) mass is 309 g/mol. The highest BCUT2D eigenvalue weighted by Gasteiger charge is 2.26. The van der Waals surface area contributed by atoms with Gasteiger partial charge in [-0.15, -0.1) is 0 Å². The van der Waals surface area contributed by atoms with Crippen LogP contribution in [0.2, 0.25) is 0 Å². The van der Waals surface area contributed by atoms with E-state index in [1.807, 2.05) is 27.7 Å². The van der Waals surface area contributed by atoms with Crippen molar-refractivity contribution in [3.63, 3.8) is 0 Å². The summed E-state index contributed by atoms with van der Waals surface area (Å²) in [5, 5.41) is 6.60. The third-order valence-electron chi connectivity index (χ3n) is 3.09. The fourth-order valence-electron chi connectivity index (χ4n) is 2.84. The maximum atomic E-state index is 14.1. The molecule has 0 spiro atoms. The van der Waals surface area contributed by atoms with Crippen LogP contribution in [0.4, 0.5) is 16.0 Å². The number of rotatable bonds is 4. The number of pyridine rings is 1. The molecular formula is C18H32FN3. The minimum atomic E-state index is -0.313. The third-order valence-corrected chi connectivity index (χ3v) is 3.09. The first-order valence-corrected chi connectivity index (χ1v) is 7.92. The largest absolute Gasteiger partial charge is 0.365 e. The number of nitrogens with zero attached hydrogens (tertiary/aromatic N) is 1. The summed E-state index contributed by atoms with van der Waals surface area (Å²) in [6.45, 7) is 18.8. The van der Waals surface area contributed by atoms with E-state index in [4.69, 9.17) is 0 Å². The maximum Gasteiger partial charge on any atom is 0.165 e. The summed E-state index contributed by atoms with van der Waals surface area (Å²) in [6, 6.07) is 1.54. The van der Waals surface area contributed by atoms with Gasteiger partial charge in [0.25, 0.3) is 0 Å². The second-order valence-corrected chi connectivity index (χ2v) is 9.11. The van der Waals surface area contributed by atoms with Crippen LogP contribution in [0.3, 0.4) is 0 Å². The minimum absolute atomic E-state index is 0.118. The lowest BCUT2D eigenvalue weighted by atomic mass is 9.82. The third kappa shape index (κ3) is 6.20. The van der Waals surface area contributed by atoms with E-state index in [2.05, 4.69) is 50.2 Å². The van der Waals surface area contributed by atoms with Crippen molar-refractivity contribution >= 4 is 11.6 Å². The van der Waals surface area contributed by atoms with Crippen LogP contribution in [0, 0.1) is 18.2 Å². The molecule has 0 atom stereocenters. The van der Waals surface area contributed by atoms with Crippen LogP contribution in [0.1, 0.15) is 67.4 Å². The van der Waals surface area contributed by atoms with Gasteiger partial charge in [-0.25, -0.2) is 9.37 Å². The second-order valence-electron chi connectivity index (χ2n) is 9.11. The normalized spacial score (nSPS) is 13.2. The van der Waals surface area contributed by atoms with E-state index >= 15 is 0 Å². The van der Waals surface area contributed by atoms with E-state index in [0.29, 0.717) is 5.82 Å². The van der Waals surface area contributed by atoms with Crippen LogP contribution in [0.25, 0.3) is 0 Å². The molecule has 1 aromatic heterocycles. The summed E-state index contributed by atoms with van der Waals surface area (Å²) < 4.78 is 14.1. The predicted octanol–water partition coefficient (Wildman–Crippen LogP) is 5.37. The molecule has 126 valence electrons. The zero-order chi connectivity index (χ0) is 17.3. The van der Waals surface area contributed by atoms with Crippen LogP contribution in [-0.4, -0.2) is 16.1 Å². The molecule has 0 bridgehead atoms. The van der Waals surface area contributed by atoms with Crippen molar-refractivity contribution in [2.24, 2.45) is 5.41 Å². The average Bonchev–Trinajstić information content (AvgIpc) is 2.19. The Kier molecular flexibility index (Phi) is 5.15.